The lowest BCUT2D eigenvalue weighted by Crippen LogP contribution is -2.52. The van der Waals surface area contributed by atoms with E-state index >= 15 is 0 Å². The number of imide groups is 1. The van der Waals surface area contributed by atoms with Gasteiger partial charge < -0.3 is 9.73 Å². The lowest BCUT2D eigenvalue weighted by Gasteiger charge is -2.30. The number of rotatable bonds is 6. The monoisotopic (exact) mass is 396 g/mol. The summed E-state index contributed by atoms with van der Waals surface area (Å²) < 4.78 is 5.50. The minimum Gasteiger partial charge on any atom is -0.467 e. The Balaban J connectivity index is 1.40. The molecule has 2 fully saturated rings. The van der Waals surface area contributed by atoms with Gasteiger partial charge in [-0.15, -0.1) is 0 Å². The molecule has 4 rings (SSSR count). The third-order valence-electron chi connectivity index (χ3n) is 5.53. The summed E-state index contributed by atoms with van der Waals surface area (Å²) in [5, 5.41) is 6.73. The molecule has 8 heteroatoms. The second-order valence-corrected chi connectivity index (χ2v) is 7.49. The Morgan fingerprint density at radius 2 is 1.86 bits per heavy atom. The highest BCUT2D eigenvalue weighted by molar-refractivity contribution is 6.08. The van der Waals surface area contributed by atoms with E-state index in [1.165, 1.54) is 0 Å². The van der Waals surface area contributed by atoms with Gasteiger partial charge >= 0.3 is 6.03 Å². The number of furan rings is 1. The number of nitrogens with zero attached hydrogens (tertiary/aromatic N) is 1. The molecule has 1 saturated carbocycles. The smallest absolute Gasteiger partial charge is 0.344 e. The first kappa shape index (κ1) is 19.2. The highest BCUT2D eigenvalue weighted by Crippen LogP contribution is 2.33. The van der Waals surface area contributed by atoms with Gasteiger partial charge in [-0.05, 0) is 30.5 Å². The highest BCUT2D eigenvalue weighted by Gasteiger charge is 2.52. The van der Waals surface area contributed by atoms with Crippen LogP contribution in [0.3, 0.4) is 0 Å². The molecule has 2 aliphatic rings. The van der Waals surface area contributed by atoms with Crippen LogP contribution in [0.2, 0.25) is 0 Å². The lowest BCUT2D eigenvalue weighted by atomic mass is 9.82. The summed E-state index contributed by atoms with van der Waals surface area (Å²) in [6.45, 7) is -0.0929. The first-order chi connectivity index (χ1) is 14.1. The first-order valence-electron chi connectivity index (χ1n) is 9.87. The minimum atomic E-state index is -0.864. The summed E-state index contributed by atoms with van der Waals surface area (Å²) in [5.74, 6) is -0.185. The van der Waals surface area contributed by atoms with E-state index in [2.05, 4.69) is 16.1 Å². The zero-order valence-corrected chi connectivity index (χ0v) is 16.0. The average molecular weight is 396 g/mol. The van der Waals surface area contributed by atoms with Crippen molar-refractivity contribution in [1.29, 1.82) is 0 Å². The summed E-state index contributed by atoms with van der Waals surface area (Å²) in [5.41, 5.74) is 2.51. The van der Waals surface area contributed by atoms with Gasteiger partial charge in [0.05, 0.1) is 18.8 Å². The molecule has 0 unspecified atom stereocenters. The Labute approximate surface area is 168 Å². The number of nitrogens with one attached hydrogen (secondary N) is 3. The van der Waals surface area contributed by atoms with Crippen LogP contribution < -0.4 is 16.1 Å². The zero-order chi connectivity index (χ0) is 20.3. The lowest BCUT2D eigenvalue weighted by molar-refractivity contribution is -0.139. The number of hydrazine groups is 1. The van der Waals surface area contributed by atoms with Gasteiger partial charge in [0.25, 0.3) is 11.8 Å². The number of hydrogen-bond donors (Lipinski definition) is 3. The van der Waals surface area contributed by atoms with Crippen molar-refractivity contribution < 1.29 is 18.8 Å². The molecular weight excluding hydrogens is 372 g/mol. The molecular formula is C21H24N4O4. The molecule has 4 amide bonds. The predicted molar refractivity (Wildman–Crippen MR) is 104 cm³/mol. The molecule has 2 heterocycles. The molecule has 1 aliphatic carbocycles. The fourth-order valence-electron chi connectivity index (χ4n) is 4.06. The van der Waals surface area contributed by atoms with Crippen molar-refractivity contribution in [1.82, 2.24) is 21.1 Å². The number of carbonyl (C=O) groups excluding carboxylic acids is 3. The van der Waals surface area contributed by atoms with Crippen LogP contribution >= 0.6 is 0 Å². The van der Waals surface area contributed by atoms with Gasteiger partial charge in [-0.1, -0.05) is 49.6 Å². The van der Waals surface area contributed by atoms with Gasteiger partial charge in [0, 0.05) is 0 Å². The molecule has 0 radical (unpaired) electrons. The van der Waals surface area contributed by atoms with Crippen molar-refractivity contribution in [2.24, 2.45) is 0 Å². The van der Waals surface area contributed by atoms with Gasteiger partial charge in [0.1, 0.15) is 11.3 Å². The first-order valence-corrected chi connectivity index (χ1v) is 9.87. The summed E-state index contributed by atoms with van der Waals surface area (Å²) in [4.78, 5) is 37.5. The number of amides is 4. The third kappa shape index (κ3) is 3.88. The van der Waals surface area contributed by atoms with E-state index in [-0.39, 0.29) is 18.5 Å². The summed E-state index contributed by atoms with van der Waals surface area (Å²) in [6, 6.07) is 12.3. The molecule has 1 atom stereocenters. The van der Waals surface area contributed by atoms with Crippen LogP contribution in [0.5, 0.6) is 0 Å². The number of carbonyl (C=O) groups is 3. The Kier molecular flexibility index (Phi) is 5.35. The van der Waals surface area contributed by atoms with Crippen LogP contribution in [-0.2, 0) is 9.59 Å². The van der Waals surface area contributed by atoms with Crippen LogP contribution in [0.25, 0.3) is 0 Å². The number of hydrogen-bond acceptors (Lipinski definition) is 5. The molecule has 8 nitrogen and oxygen atoms in total. The predicted octanol–water partition coefficient (Wildman–Crippen LogP) is 2.24. The zero-order valence-electron chi connectivity index (χ0n) is 16.0. The second-order valence-electron chi connectivity index (χ2n) is 7.49. The van der Waals surface area contributed by atoms with Crippen molar-refractivity contribution in [3.63, 3.8) is 0 Å². The van der Waals surface area contributed by atoms with E-state index in [1.807, 2.05) is 36.4 Å². The summed E-state index contributed by atoms with van der Waals surface area (Å²) in [7, 11) is 0. The molecule has 1 aromatic carbocycles. The fraction of sp³-hybridized carbons (Fsp3) is 0.381. The topological polar surface area (TPSA) is 104 Å². The molecule has 2 aromatic rings. The third-order valence-corrected chi connectivity index (χ3v) is 5.53. The molecule has 1 saturated heterocycles. The van der Waals surface area contributed by atoms with Gasteiger partial charge in [-0.3, -0.25) is 20.3 Å². The van der Waals surface area contributed by atoms with Gasteiger partial charge in [0.15, 0.2) is 0 Å². The maximum atomic E-state index is 12.8. The van der Waals surface area contributed by atoms with Crippen LogP contribution in [0.15, 0.2) is 53.1 Å². The van der Waals surface area contributed by atoms with E-state index in [1.54, 1.807) is 12.3 Å². The maximum Gasteiger partial charge on any atom is 0.344 e. The number of benzene rings is 1. The van der Waals surface area contributed by atoms with Crippen molar-refractivity contribution in [2.45, 2.75) is 43.7 Å². The maximum absolute atomic E-state index is 12.8. The molecule has 0 bridgehead atoms. The van der Waals surface area contributed by atoms with Crippen molar-refractivity contribution in [3.05, 3.63) is 60.1 Å². The van der Waals surface area contributed by atoms with E-state index in [0.717, 1.165) is 29.8 Å². The molecule has 1 aliphatic heterocycles. The molecule has 152 valence electrons. The Bertz CT molecular complexity index is 875. The van der Waals surface area contributed by atoms with Crippen LogP contribution in [0.4, 0.5) is 4.79 Å². The van der Waals surface area contributed by atoms with E-state index in [0.29, 0.717) is 18.6 Å². The van der Waals surface area contributed by atoms with Crippen LogP contribution in [0, 0.1) is 0 Å². The largest absolute Gasteiger partial charge is 0.467 e. The fourth-order valence-corrected chi connectivity index (χ4v) is 4.06. The van der Waals surface area contributed by atoms with E-state index in [4.69, 9.17) is 4.42 Å². The van der Waals surface area contributed by atoms with Crippen LogP contribution in [0.1, 0.15) is 49.5 Å². The number of urea groups is 1. The minimum absolute atomic E-state index is 0.0929. The highest BCUT2D eigenvalue weighted by atomic mass is 16.3. The molecule has 1 aromatic heterocycles. The Hall–Kier alpha value is -3.13. The summed E-state index contributed by atoms with van der Waals surface area (Å²) >= 11 is 0. The SMILES string of the molecule is O=C(CN[C@H](c1ccccc1)c1ccco1)NN1C(=O)NC2(CCCCC2)C1=O. The van der Waals surface area contributed by atoms with Crippen LogP contribution in [-0.4, -0.2) is 34.9 Å². The quantitative estimate of drug-likeness (QED) is 0.650. The molecule has 29 heavy (non-hydrogen) atoms. The van der Waals surface area contributed by atoms with E-state index in [9.17, 15) is 14.4 Å². The van der Waals surface area contributed by atoms with Crippen molar-refractivity contribution >= 4 is 17.8 Å². The van der Waals surface area contributed by atoms with Gasteiger partial charge in [0.2, 0.25) is 0 Å². The van der Waals surface area contributed by atoms with Gasteiger partial charge in [-0.25, -0.2) is 4.79 Å². The Morgan fingerprint density at radius 1 is 1.10 bits per heavy atom. The van der Waals surface area contributed by atoms with Gasteiger partial charge in [-0.2, -0.15) is 5.01 Å². The summed E-state index contributed by atoms with van der Waals surface area (Å²) in [6.07, 6.45) is 5.61. The van der Waals surface area contributed by atoms with Crippen molar-refractivity contribution in [2.75, 3.05) is 6.54 Å². The van der Waals surface area contributed by atoms with Crippen molar-refractivity contribution in [3.8, 4) is 0 Å². The molecule has 3 N–H and O–H groups in total. The second kappa shape index (κ2) is 8.08. The standard InChI is InChI=1S/C21H24N4O4/c26-17(24-25-19(27)21(23-20(25)28)11-5-2-6-12-21)14-22-18(16-10-7-13-29-16)15-8-3-1-4-9-15/h1,3-4,7-10,13,18,22H,2,5-6,11-12,14H2,(H,23,28)(H,24,26)/t18-/m1/s1. The normalized spacial score (nSPS) is 19.2. The average Bonchev–Trinajstić information content (AvgIpc) is 3.34. The van der Waals surface area contributed by atoms with E-state index < -0.39 is 17.5 Å². The Morgan fingerprint density at radius 3 is 2.55 bits per heavy atom. The molecule has 1 spiro atoms.